The van der Waals surface area contributed by atoms with Crippen molar-refractivity contribution in [3.63, 3.8) is 0 Å². The van der Waals surface area contributed by atoms with E-state index in [9.17, 15) is 4.39 Å². The van der Waals surface area contributed by atoms with Gasteiger partial charge in [0.25, 0.3) is 0 Å². The Labute approximate surface area is 128 Å². The van der Waals surface area contributed by atoms with E-state index < -0.39 is 5.82 Å². The maximum atomic E-state index is 14.2. The van der Waals surface area contributed by atoms with E-state index in [0.29, 0.717) is 17.1 Å². The SMILES string of the molecule is COc1csc(-c2onc(N)c2-c2cccc(Cl)c2F)c1. The van der Waals surface area contributed by atoms with Crippen molar-refractivity contribution in [2.75, 3.05) is 12.8 Å². The third-order valence-electron chi connectivity index (χ3n) is 2.97. The molecule has 0 aliphatic rings. The third-order valence-corrected chi connectivity index (χ3v) is 4.17. The van der Waals surface area contributed by atoms with Crippen molar-refractivity contribution < 1.29 is 13.7 Å². The Bertz CT molecular complexity index is 800. The van der Waals surface area contributed by atoms with E-state index in [4.69, 9.17) is 26.6 Å². The lowest BCUT2D eigenvalue weighted by molar-refractivity contribution is 0.416. The molecule has 2 heterocycles. The van der Waals surface area contributed by atoms with Crippen LogP contribution >= 0.6 is 22.9 Å². The first-order valence-electron chi connectivity index (χ1n) is 5.94. The van der Waals surface area contributed by atoms with Gasteiger partial charge in [-0.05, 0) is 6.07 Å². The molecule has 0 saturated carbocycles. The molecule has 0 radical (unpaired) electrons. The second kappa shape index (κ2) is 5.38. The molecule has 0 spiro atoms. The average Bonchev–Trinajstić information content (AvgIpc) is 3.08. The summed E-state index contributed by atoms with van der Waals surface area (Å²) in [5.74, 6) is 0.627. The van der Waals surface area contributed by atoms with Crippen molar-refractivity contribution in [3.8, 4) is 27.5 Å². The van der Waals surface area contributed by atoms with E-state index in [0.717, 1.165) is 4.88 Å². The van der Waals surface area contributed by atoms with Crippen molar-refractivity contribution in [1.29, 1.82) is 0 Å². The number of ether oxygens (including phenoxy) is 1. The first kappa shape index (κ1) is 13.9. The maximum absolute atomic E-state index is 14.2. The van der Waals surface area contributed by atoms with Crippen LogP contribution in [-0.4, -0.2) is 12.3 Å². The first-order valence-corrected chi connectivity index (χ1v) is 7.20. The van der Waals surface area contributed by atoms with Crippen molar-refractivity contribution >= 4 is 28.8 Å². The predicted molar refractivity (Wildman–Crippen MR) is 81.2 cm³/mol. The summed E-state index contributed by atoms with van der Waals surface area (Å²) in [4.78, 5) is 0.741. The number of benzene rings is 1. The number of hydrogen-bond acceptors (Lipinski definition) is 5. The molecule has 0 aliphatic heterocycles. The molecule has 2 aromatic heterocycles. The molecule has 0 fully saturated rings. The summed E-state index contributed by atoms with van der Waals surface area (Å²) in [6, 6.07) is 6.47. The molecule has 0 amide bonds. The molecule has 0 bridgehead atoms. The van der Waals surface area contributed by atoms with E-state index in [2.05, 4.69) is 5.16 Å². The highest BCUT2D eigenvalue weighted by Gasteiger charge is 2.22. The second-order valence-electron chi connectivity index (χ2n) is 4.22. The molecule has 1 aromatic carbocycles. The number of nitrogens with two attached hydrogens (primary N) is 1. The number of nitrogen functional groups attached to an aromatic ring is 1. The van der Waals surface area contributed by atoms with Gasteiger partial charge in [0.1, 0.15) is 11.6 Å². The molecule has 3 rings (SSSR count). The summed E-state index contributed by atoms with van der Waals surface area (Å²) in [5.41, 5.74) is 6.47. The summed E-state index contributed by atoms with van der Waals surface area (Å²) >= 11 is 7.21. The zero-order valence-corrected chi connectivity index (χ0v) is 12.5. The average molecular weight is 325 g/mol. The Morgan fingerprint density at radius 1 is 1.43 bits per heavy atom. The minimum Gasteiger partial charge on any atom is -0.496 e. The van der Waals surface area contributed by atoms with Crippen molar-refractivity contribution in [3.05, 3.63) is 40.5 Å². The molecule has 0 aliphatic carbocycles. The van der Waals surface area contributed by atoms with E-state index in [-0.39, 0.29) is 16.4 Å². The normalized spacial score (nSPS) is 10.8. The molecule has 0 saturated heterocycles. The number of methoxy groups -OCH3 is 1. The second-order valence-corrected chi connectivity index (χ2v) is 5.54. The van der Waals surface area contributed by atoms with Crippen LogP contribution < -0.4 is 10.5 Å². The number of nitrogens with zero attached hydrogens (tertiary/aromatic N) is 1. The van der Waals surface area contributed by atoms with E-state index in [1.807, 2.05) is 5.38 Å². The smallest absolute Gasteiger partial charge is 0.187 e. The van der Waals surface area contributed by atoms with Crippen LogP contribution in [-0.2, 0) is 0 Å². The largest absolute Gasteiger partial charge is 0.496 e. The lowest BCUT2D eigenvalue weighted by Gasteiger charge is -2.04. The highest BCUT2D eigenvalue weighted by molar-refractivity contribution is 7.13. The quantitative estimate of drug-likeness (QED) is 0.773. The molecule has 7 heteroatoms. The van der Waals surface area contributed by atoms with Crippen LogP contribution in [0.2, 0.25) is 5.02 Å². The fourth-order valence-corrected chi connectivity index (χ4v) is 2.99. The Balaban J connectivity index is 2.19. The number of halogens is 2. The van der Waals surface area contributed by atoms with E-state index >= 15 is 0 Å². The fourth-order valence-electron chi connectivity index (χ4n) is 1.97. The topological polar surface area (TPSA) is 61.3 Å². The fraction of sp³-hybridized carbons (Fsp3) is 0.0714. The third kappa shape index (κ3) is 2.36. The minimum absolute atomic E-state index is 0.0165. The van der Waals surface area contributed by atoms with Gasteiger partial charge in [-0.3, -0.25) is 0 Å². The van der Waals surface area contributed by atoms with E-state index in [1.165, 1.54) is 17.4 Å². The van der Waals surface area contributed by atoms with Crippen molar-refractivity contribution in [1.82, 2.24) is 5.16 Å². The van der Waals surface area contributed by atoms with E-state index in [1.54, 1.807) is 25.3 Å². The highest BCUT2D eigenvalue weighted by atomic mass is 35.5. The summed E-state index contributed by atoms with van der Waals surface area (Å²) in [6.07, 6.45) is 0. The minimum atomic E-state index is -0.557. The van der Waals surface area contributed by atoms with Crippen LogP contribution in [0.3, 0.4) is 0 Å². The molecule has 21 heavy (non-hydrogen) atoms. The standard InChI is InChI=1S/C14H10ClFN2O2S/c1-19-7-5-10(21-6-7)13-11(14(17)18-20-13)8-3-2-4-9(15)12(8)16/h2-6H,1H3,(H2,17,18). The number of hydrogen-bond donors (Lipinski definition) is 1. The Kier molecular flexibility index (Phi) is 3.57. The zero-order valence-electron chi connectivity index (χ0n) is 10.9. The molecule has 108 valence electrons. The first-order chi connectivity index (χ1) is 10.1. The van der Waals surface area contributed by atoms with Gasteiger partial charge in [0.15, 0.2) is 11.6 Å². The van der Waals surface area contributed by atoms with Crippen molar-refractivity contribution in [2.24, 2.45) is 0 Å². The van der Waals surface area contributed by atoms with Crippen LogP contribution in [0.25, 0.3) is 21.8 Å². The van der Waals surface area contributed by atoms with Gasteiger partial charge in [-0.1, -0.05) is 28.9 Å². The number of anilines is 1. The van der Waals surface area contributed by atoms with Gasteiger partial charge in [-0.25, -0.2) is 4.39 Å². The summed E-state index contributed by atoms with van der Waals surface area (Å²) in [5, 5.41) is 5.56. The van der Waals surface area contributed by atoms with Crippen LogP contribution in [0.5, 0.6) is 5.75 Å². The lowest BCUT2D eigenvalue weighted by atomic mass is 10.0. The molecule has 2 N–H and O–H groups in total. The van der Waals surface area contributed by atoms with Crippen LogP contribution in [0.4, 0.5) is 10.2 Å². The monoisotopic (exact) mass is 324 g/mol. The Morgan fingerprint density at radius 2 is 2.24 bits per heavy atom. The molecule has 0 unspecified atom stereocenters. The molecule has 0 atom stereocenters. The van der Waals surface area contributed by atoms with Gasteiger partial charge in [0.05, 0.1) is 22.6 Å². The lowest BCUT2D eigenvalue weighted by Crippen LogP contribution is -1.91. The molecular formula is C14H10ClFN2O2S. The van der Waals surface area contributed by atoms with Gasteiger partial charge in [0.2, 0.25) is 0 Å². The number of thiophene rings is 1. The van der Waals surface area contributed by atoms with Crippen LogP contribution in [0.1, 0.15) is 0 Å². The van der Waals surface area contributed by atoms with Crippen LogP contribution in [0, 0.1) is 5.82 Å². The van der Waals surface area contributed by atoms with Crippen LogP contribution in [0.15, 0.2) is 34.2 Å². The zero-order chi connectivity index (χ0) is 15.0. The van der Waals surface area contributed by atoms with Gasteiger partial charge in [-0.2, -0.15) is 0 Å². The maximum Gasteiger partial charge on any atom is 0.187 e. The predicted octanol–water partition coefficient (Wildman–Crippen LogP) is 4.45. The highest BCUT2D eigenvalue weighted by Crippen LogP contribution is 2.42. The number of aromatic nitrogens is 1. The molecule has 3 aromatic rings. The summed E-state index contributed by atoms with van der Waals surface area (Å²) in [7, 11) is 1.57. The van der Waals surface area contributed by atoms with Gasteiger partial charge in [-0.15, -0.1) is 11.3 Å². The Hall–Kier alpha value is -2.05. The summed E-state index contributed by atoms with van der Waals surface area (Å²) in [6.45, 7) is 0. The Morgan fingerprint density at radius 3 is 2.95 bits per heavy atom. The van der Waals surface area contributed by atoms with Gasteiger partial charge >= 0.3 is 0 Å². The van der Waals surface area contributed by atoms with Gasteiger partial charge in [0, 0.05) is 17.0 Å². The molecular weight excluding hydrogens is 315 g/mol. The summed E-state index contributed by atoms with van der Waals surface area (Å²) < 4.78 is 24.6. The molecule has 4 nitrogen and oxygen atoms in total. The van der Waals surface area contributed by atoms with Gasteiger partial charge < -0.3 is 15.0 Å². The van der Waals surface area contributed by atoms with Crippen molar-refractivity contribution in [2.45, 2.75) is 0 Å². The number of rotatable bonds is 3.